The van der Waals surface area contributed by atoms with E-state index in [1.165, 1.54) is 12.8 Å². The van der Waals surface area contributed by atoms with Gasteiger partial charge in [0, 0.05) is 13.6 Å². The average Bonchev–Trinajstić information content (AvgIpc) is 2.90. The third-order valence-corrected chi connectivity index (χ3v) is 3.17. The van der Waals surface area contributed by atoms with Gasteiger partial charge in [-0.1, -0.05) is 11.6 Å². The van der Waals surface area contributed by atoms with E-state index in [2.05, 4.69) is 10.3 Å². The van der Waals surface area contributed by atoms with Gasteiger partial charge in [0.2, 0.25) is 5.28 Å². The molecule has 0 aromatic carbocycles. The second-order valence-corrected chi connectivity index (χ2v) is 4.45. The Morgan fingerprint density at radius 3 is 2.71 bits per heavy atom. The number of aromatic nitrogens is 2. The average molecular weight is 234 g/mol. The topological polar surface area (TPSA) is 29.9 Å². The van der Waals surface area contributed by atoms with Crippen molar-refractivity contribution in [2.24, 2.45) is 13.0 Å². The number of rotatable bonds is 4. The number of hydrogen-bond donors (Lipinski definition) is 1. The monoisotopic (exact) mass is 233 g/mol. The van der Waals surface area contributed by atoms with Crippen molar-refractivity contribution in [3.8, 4) is 0 Å². The van der Waals surface area contributed by atoms with Crippen molar-refractivity contribution in [1.29, 1.82) is 0 Å². The zero-order chi connectivity index (χ0) is 10.1. The van der Waals surface area contributed by atoms with Crippen LogP contribution in [0.1, 0.15) is 18.5 Å². The predicted molar refractivity (Wildman–Crippen MR) is 57.7 cm³/mol. The summed E-state index contributed by atoms with van der Waals surface area (Å²) in [7, 11) is 1.87. The van der Waals surface area contributed by atoms with Gasteiger partial charge in [0.25, 0.3) is 0 Å². The summed E-state index contributed by atoms with van der Waals surface area (Å²) in [6, 6.07) is 0. The van der Waals surface area contributed by atoms with Crippen LogP contribution in [0.25, 0.3) is 0 Å². The largest absolute Gasteiger partial charge is 0.319 e. The van der Waals surface area contributed by atoms with E-state index in [1.54, 1.807) is 0 Å². The Hall–Kier alpha value is -0.250. The standard InChI is InChI=1S/C9H13Cl2N3/c1-14-7(8(10)13-9(14)11)5-12-4-6-2-3-6/h6,12H,2-5H2,1H3. The molecule has 1 N–H and O–H groups in total. The quantitative estimate of drug-likeness (QED) is 0.865. The first-order valence-corrected chi connectivity index (χ1v) is 5.51. The van der Waals surface area contributed by atoms with Gasteiger partial charge in [0.15, 0.2) is 5.15 Å². The van der Waals surface area contributed by atoms with Gasteiger partial charge in [-0.2, -0.15) is 0 Å². The van der Waals surface area contributed by atoms with Crippen LogP contribution in [0.15, 0.2) is 0 Å². The van der Waals surface area contributed by atoms with Gasteiger partial charge in [0.1, 0.15) is 0 Å². The molecule has 0 spiro atoms. The SMILES string of the molecule is Cn1c(Cl)nc(Cl)c1CNCC1CC1. The summed E-state index contributed by atoms with van der Waals surface area (Å²) >= 11 is 11.8. The summed E-state index contributed by atoms with van der Waals surface area (Å²) in [6.07, 6.45) is 2.71. The summed E-state index contributed by atoms with van der Waals surface area (Å²) in [5, 5.41) is 4.30. The summed E-state index contributed by atoms with van der Waals surface area (Å²) in [5.41, 5.74) is 0.956. The highest BCUT2D eigenvalue weighted by molar-refractivity contribution is 6.32. The molecule has 14 heavy (non-hydrogen) atoms. The lowest BCUT2D eigenvalue weighted by Gasteiger charge is -2.05. The molecule has 0 amide bonds. The van der Waals surface area contributed by atoms with Crippen LogP contribution in [0.3, 0.4) is 0 Å². The highest BCUT2D eigenvalue weighted by Gasteiger charge is 2.20. The molecule has 78 valence electrons. The number of halogens is 2. The van der Waals surface area contributed by atoms with Crippen LogP contribution in [0, 0.1) is 5.92 Å². The maximum absolute atomic E-state index is 5.92. The Labute approximate surface area is 93.4 Å². The van der Waals surface area contributed by atoms with E-state index in [4.69, 9.17) is 23.2 Å². The van der Waals surface area contributed by atoms with Crippen molar-refractivity contribution in [3.63, 3.8) is 0 Å². The van der Waals surface area contributed by atoms with Crippen molar-refractivity contribution < 1.29 is 0 Å². The van der Waals surface area contributed by atoms with E-state index < -0.39 is 0 Å². The second-order valence-electron chi connectivity index (χ2n) is 3.75. The molecule has 0 radical (unpaired) electrons. The van der Waals surface area contributed by atoms with Gasteiger partial charge in [-0.05, 0) is 36.9 Å². The molecule has 0 atom stereocenters. The smallest absolute Gasteiger partial charge is 0.204 e. The van der Waals surface area contributed by atoms with Crippen LogP contribution in [0.5, 0.6) is 0 Å². The minimum Gasteiger partial charge on any atom is -0.319 e. The fourth-order valence-corrected chi connectivity index (χ4v) is 1.88. The molecule has 0 bridgehead atoms. The van der Waals surface area contributed by atoms with E-state index in [-0.39, 0.29) is 0 Å². The van der Waals surface area contributed by atoms with Crippen molar-refractivity contribution >= 4 is 23.2 Å². The van der Waals surface area contributed by atoms with E-state index in [0.29, 0.717) is 10.4 Å². The maximum atomic E-state index is 5.92. The Morgan fingerprint density at radius 1 is 1.50 bits per heavy atom. The molecule has 1 aliphatic rings. The van der Waals surface area contributed by atoms with Gasteiger partial charge < -0.3 is 9.88 Å². The molecule has 0 saturated heterocycles. The molecule has 1 aliphatic carbocycles. The lowest BCUT2D eigenvalue weighted by atomic mass is 10.4. The summed E-state index contributed by atoms with van der Waals surface area (Å²) < 4.78 is 1.81. The number of imidazole rings is 1. The molecule has 5 heteroatoms. The van der Waals surface area contributed by atoms with E-state index in [9.17, 15) is 0 Å². The van der Waals surface area contributed by atoms with Crippen LogP contribution < -0.4 is 5.32 Å². The Kier molecular flexibility index (Phi) is 3.00. The normalized spacial score (nSPS) is 16.2. The van der Waals surface area contributed by atoms with Crippen molar-refractivity contribution in [3.05, 3.63) is 16.1 Å². The molecular formula is C9H13Cl2N3. The van der Waals surface area contributed by atoms with Crippen LogP contribution in [0.4, 0.5) is 0 Å². The molecule has 2 rings (SSSR count). The zero-order valence-corrected chi connectivity index (χ0v) is 9.57. The number of hydrogen-bond acceptors (Lipinski definition) is 2. The maximum Gasteiger partial charge on any atom is 0.204 e. The minimum atomic E-state index is 0.443. The van der Waals surface area contributed by atoms with Gasteiger partial charge in [-0.3, -0.25) is 0 Å². The van der Waals surface area contributed by atoms with Gasteiger partial charge in [-0.15, -0.1) is 0 Å². The summed E-state index contributed by atoms with van der Waals surface area (Å²) in [6.45, 7) is 1.81. The van der Waals surface area contributed by atoms with Crippen LogP contribution in [0.2, 0.25) is 10.4 Å². The number of nitrogens with one attached hydrogen (secondary N) is 1. The van der Waals surface area contributed by atoms with Crippen molar-refractivity contribution in [2.45, 2.75) is 19.4 Å². The molecule has 1 saturated carbocycles. The van der Waals surface area contributed by atoms with Gasteiger partial charge in [0.05, 0.1) is 5.69 Å². The predicted octanol–water partition coefficient (Wildman–Crippen LogP) is 2.23. The minimum absolute atomic E-state index is 0.443. The molecule has 1 heterocycles. The summed E-state index contributed by atoms with van der Waals surface area (Å²) in [5.74, 6) is 0.873. The van der Waals surface area contributed by atoms with Crippen LogP contribution in [-0.4, -0.2) is 16.1 Å². The van der Waals surface area contributed by atoms with Crippen molar-refractivity contribution in [1.82, 2.24) is 14.9 Å². The molecule has 1 fully saturated rings. The second kappa shape index (κ2) is 4.09. The lowest BCUT2D eigenvalue weighted by Crippen LogP contribution is -2.18. The first-order valence-electron chi connectivity index (χ1n) is 4.76. The Bertz CT molecular complexity index is 331. The van der Waals surface area contributed by atoms with E-state index in [1.807, 2.05) is 11.6 Å². The third kappa shape index (κ3) is 2.22. The fourth-order valence-electron chi connectivity index (χ4n) is 1.38. The number of nitrogens with zero attached hydrogens (tertiary/aromatic N) is 2. The molecule has 0 aliphatic heterocycles. The van der Waals surface area contributed by atoms with E-state index in [0.717, 1.165) is 24.7 Å². The lowest BCUT2D eigenvalue weighted by molar-refractivity contribution is 0.616. The van der Waals surface area contributed by atoms with Gasteiger partial charge >= 0.3 is 0 Å². The Balaban J connectivity index is 1.93. The molecule has 3 nitrogen and oxygen atoms in total. The highest BCUT2D eigenvalue weighted by Crippen LogP contribution is 2.28. The summed E-state index contributed by atoms with van der Waals surface area (Å²) in [4.78, 5) is 3.98. The van der Waals surface area contributed by atoms with Crippen LogP contribution in [-0.2, 0) is 13.6 Å². The van der Waals surface area contributed by atoms with E-state index >= 15 is 0 Å². The molecule has 1 aromatic heterocycles. The molecule has 0 unspecified atom stereocenters. The third-order valence-electron chi connectivity index (χ3n) is 2.53. The Morgan fingerprint density at radius 2 is 2.21 bits per heavy atom. The zero-order valence-electron chi connectivity index (χ0n) is 8.06. The highest BCUT2D eigenvalue weighted by atomic mass is 35.5. The first kappa shape index (κ1) is 10.3. The molecular weight excluding hydrogens is 221 g/mol. The van der Waals surface area contributed by atoms with Crippen LogP contribution >= 0.6 is 23.2 Å². The van der Waals surface area contributed by atoms with Crippen molar-refractivity contribution in [2.75, 3.05) is 6.54 Å². The molecule has 1 aromatic rings. The first-order chi connectivity index (χ1) is 6.68. The van der Waals surface area contributed by atoms with Gasteiger partial charge in [-0.25, -0.2) is 4.98 Å². The fraction of sp³-hybridized carbons (Fsp3) is 0.667.